The number of carbonyl (C=O) groups excluding carboxylic acids is 3. The van der Waals surface area contributed by atoms with Crippen molar-refractivity contribution in [3.63, 3.8) is 0 Å². The van der Waals surface area contributed by atoms with E-state index in [1.165, 1.54) is 38.5 Å². The smallest absolute Gasteiger partial charge is 0.492 e. The lowest BCUT2D eigenvalue weighted by molar-refractivity contribution is -0.145. The van der Waals surface area contributed by atoms with Crippen molar-refractivity contribution in [2.24, 2.45) is 0 Å². The van der Waals surface area contributed by atoms with Crippen molar-refractivity contribution in [1.29, 1.82) is 0 Å². The molecule has 0 spiro atoms. The molecule has 0 unspecified atom stereocenters. The van der Waals surface area contributed by atoms with Crippen LogP contribution in [0.5, 0.6) is 11.5 Å². The molecular weight excluding hydrogens is 491 g/mol. The van der Waals surface area contributed by atoms with Gasteiger partial charge in [0.15, 0.2) is 0 Å². The summed E-state index contributed by atoms with van der Waals surface area (Å²) in [5.74, 6) is -1.48. The highest BCUT2D eigenvalue weighted by atomic mass is 16.5. The number of rotatable bonds is 11. The van der Waals surface area contributed by atoms with E-state index in [9.17, 15) is 29.5 Å². The van der Waals surface area contributed by atoms with Crippen molar-refractivity contribution >= 4 is 30.4 Å². The Bertz CT molecular complexity index is 1250. The predicted molar refractivity (Wildman–Crippen MR) is 140 cm³/mol. The van der Waals surface area contributed by atoms with Gasteiger partial charge in [0.1, 0.15) is 23.6 Å². The lowest BCUT2D eigenvalue weighted by atomic mass is 9.78. The molecule has 0 aromatic heterocycles. The van der Waals surface area contributed by atoms with Gasteiger partial charge in [0.2, 0.25) is 11.8 Å². The summed E-state index contributed by atoms with van der Waals surface area (Å²) in [5, 5.41) is 34.1. The van der Waals surface area contributed by atoms with Crippen LogP contribution < -0.4 is 20.8 Å². The van der Waals surface area contributed by atoms with Gasteiger partial charge in [-0.05, 0) is 34.9 Å². The molecule has 198 valence electrons. The van der Waals surface area contributed by atoms with Crippen molar-refractivity contribution in [2.75, 3.05) is 14.2 Å². The second kappa shape index (κ2) is 13.3. The Kier molecular flexibility index (Phi) is 9.86. The standard InChI is InChI=1S/C27H29BN2O8/c1-37-23-13-10-18(14-21(23)28(35)36)16-24(32)30-25(19-6-4-3-5-7-19)26(33)29-22(27(34)38-2)15-17-8-11-20(31)12-9-17/h3-14,22,25,31,35-36H,15-16H2,1-2H3,(H,29,33)(H,30,32)/t22-,25+/m0/s1. The number of hydrogen-bond donors (Lipinski definition) is 5. The van der Waals surface area contributed by atoms with E-state index in [-0.39, 0.29) is 29.8 Å². The van der Waals surface area contributed by atoms with Crippen LogP contribution in [0.1, 0.15) is 22.7 Å². The second-order valence-corrected chi connectivity index (χ2v) is 8.49. The lowest BCUT2D eigenvalue weighted by Crippen LogP contribution is -2.48. The van der Waals surface area contributed by atoms with Gasteiger partial charge in [-0.25, -0.2) is 4.79 Å². The van der Waals surface area contributed by atoms with Crippen LogP contribution in [-0.2, 0) is 32.0 Å². The average Bonchev–Trinajstić information content (AvgIpc) is 2.92. The zero-order chi connectivity index (χ0) is 27.7. The molecule has 3 aromatic rings. The van der Waals surface area contributed by atoms with Crippen LogP contribution in [-0.4, -0.2) is 60.3 Å². The number of phenolic OH excluding ortho intramolecular Hbond substituents is 1. The van der Waals surface area contributed by atoms with Gasteiger partial charge < -0.3 is 35.3 Å². The molecule has 0 heterocycles. The number of ether oxygens (including phenoxy) is 2. The first-order valence-corrected chi connectivity index (χ1v) is 11.7. The monoisotopic (exact) mass is 520 g/mol. The van der Waals surface area contributed by atoms with E-state index in [2.05, 4.69) is 10.6 Å². The fourth-order valence-corrected chi connectivity index (χ4v) is 3.90. The zero-order valence-electron chi connectivity index (χ0n) is 21.0. The van der Waals surface area contributed by atoms with Gasteiger partial charge in [0.05, 0.1) is 20.6 Å². The highest BCUT2D eigenvalue weighted by Gasteiger charge is 2.29. The van der Waals surface area contributed by atoms with E-state index in [0.29, 0.717) is 16.7 Å². The van der Waals surface area contributed by atoms with Crippen LogP contribution >= 0.6 is 0 Å². The SMILES string of the molecule is COC(=O)[C@H](Cc1ccc(O)cc1)NC(=O)[C@H](NC(=O)Cc1ccc(OC)c(B(O)O)c1)c1ccccc1. The minimum absolute atomic E-state index is 0.0664. The Labute approximate surface area is 220 Å². The Balaban J connectivity index is 1.80. The van der Waals surface area contributed by atoms with Gasteiger partial charge >= 0.3 is 13.1 Å². The van der Waals surface area contributed by atoms with Gasteiger partial charge in [-0.1, -0.05) is 54.6 Å². The van der Waals surface area contributed by atoms with Gasteiger partial charge in [-0.15, -0.1) is 0 Å². The Morgan fingerprint density at radius 2 is 1.55 bits per heavy atom. The summed E-state index contributed by atoms with van der Waals surface area (Å²) in [6.45, 7) is 0. The number of amides is 2. The largest absolute Gasteiger partial charge is 0.508 e. The average molecular weight is 520 g/mol. The summed E-state index contributed by atoms with van der Waals surface area (Å²) in [4.78, 5) is 38.8. The fraction of sp³-hybridized carbons (Fsp3) is 0.222. The highest BCUT2D eigenvalue weighted by Crippen LogP contribution is 2.17. The summed E-state index contributed by atoms with van der Waals surface area (Å²) in [6, 6.07) is 17.1. The van der Waals surface area contributed by atoms with Crippen molar-refractivity contribution in [3.8, 4) is 11.5 Å². The first-order chi connectivity index (χ1) is 18.2. The first kappa shape index (κ1) is 28.2. The van der Waals surface area contributed by atoms with E-state index < -0.39 is 37.0 Å². The van der Waals surface area contributed by atoms with E-state index in [0.717, 1.165) is 0 Å². The first-order valence-electron chi connectivity index (χ1n) is 11.7. The predicted octanol–water partition coefficient (Wildman–Crippen LogP) is 0.381. The highest BCUT2D eigenvalue weighted by molar-refractivity contribution is 6.59. The molecule has 0 aliphatic heterocycles. The van der Waals surface area contributed by atoms with Gasteiger partial charge in [-0.2, -0.15) is 0 Å². The quantitative estimate of drug-likeness (QED) is 0.180. The molecule has 5 N–H and O–H groups in total. The van der Waals surface area contributed by atoms with Crippen LogP contribution in [0, 0.1) is 0 Å². The topological polar surface area (TPSA) is 154 Å². The maximum atomic E-state index is 13.4. The summed E-state index contributed by atoms with van der Waals surface area (Å²) in [5.41, 5.74) is 1.75. The molecule has 10 nitrogen and oxygen atoms in total. The number of methoxy groups -OCH3 is 2. The summed E-state index contributed by atoms with van der Waals surface area (Å²) >= 11 is 0. The third-order valence-electron chi connectivity index (χ3n) is 5.82. The van der Waals surface area contributed by atoms with Crippen molar-refractivity contribution in [3.05, 3.63) is 89.5 Å². The number of nitrogens with one attached hydrogen (secondary N) is 2. The number of benzene rings is 3. The van der Waals surface area contributed by atoms with Gasteiger partial charge in [0.25, 0.3) is 0 Å². The maximum Gasteiger partial charge on any atom is 0.492 e. The maximum absolute atomic E-state index is 13.4. The van der Waals surface area contributed by atoms with E-state index in [4.69, 9.17) is 9.47 Å². The molecule has 2 atom stereocenters. The number of carbonyl (C=O) groups is 3. The fourth-order valence-electron chi connectivity index (χ4n) is 3.90. The molecule has 3 aromatic carbocycles. The number of esters is 1. The summed E-state index contributed by atoms with van der Waals surface area (Å²) in [7, 11) is 0.806. The third-order valence-corrected chi connectivity index (χ3v) is 5.82. The molecule has 3 rings (SSSR count). The molecule has 0 saturated carbocycles. The molecule has 0 aliphatic carbocycles. The van der Waals surface area contributed by atoms with E-state index in [1.807, 2.05) is 0 Å². The molecule has 11 heteroatoms. The second-order valence-electron chi connectivity index (χ2n) is 8.49. The van der Waals surface area contributed by atoms with Gasteiger partial charge in [0, 0.05) is 11.9 Å². The molecule has 0 fully saturated rings. The Morgan fingerprint density at radius 1 is 0.895 bits per heavy atom. The third kappa shape index (κ3) is 7.58. The zero-order valence-corrected chi connectivity index (χ0v) is 21.0. The minimum atomic E-state index is -1.79. The van der Waals surface area contributed by atoms with E-state index >= 15 is 0 Å². The molecule has 0 aliphatic rings. The molecule has 0 bridgehead atoms. The molecule has 0 radical (unpaired) electrons. The van der Waals surface area contributed by atoms with Crippen LogP contribution in [0.3, 0.4) is 0 Å². The Hall–Kier alpha value is -4.35. The summed E-state index contributed by atoms with van der Waals surface area (Å²) < 4.78 is 9.97. The number of aromatic hydroxyl groups is 1. The molecular formula is C27H29BN2O8. The van der Waals surface area contributed by atoms with Crippen LogP contribution in [0.15, 0.2) is 72.8 Å². The van der Waals surface area contributed by atoms with Crippen LogP contribution in [0.4, 0.5) is 0 Å². The normalized spacial score (nSPS) is 12.1. The van der Waals surface area contributed by atoms with Crippen molar-refractivity contribution < 1.29 is 39.0 Å². The number of phenols is 1. The van der Waals surface area contributed by atoms with Crippen LogP contribution in [0.25, 0.3) is 0 Å². The number of hydrogen-bond acceptors (Lipinski definition) is 8. The molecule has 38 heavy (non-hydrogen) atoms. The molecule has 0 saturated heterocycles. The van der Waals surface area contributed by atoms with Crippen molar-refractivity contribution in [1.82, 2.24) is 10.6 Å². The minimum Gasteiger partial charge on any atom is -0.508 e. The molecule has 2 amide bonds. The van der Waals surface area contributed by atoms with E-state index in [1.54, 1.807) is 48.5 Å². The van der Waals surface area contributed by atoms with Gasteiger partial charge in [-0.3, -0.25) is 9.59 Å². The lowest BCUT2D eigenvalue weighted by Gasteiger charge is -2.23. The van der Waals surface area contributed by atoms with Crippen LogP contribution in [0.2, 0.25) is 0 Å². The Morgan fingerprint density at radius 3 is 2.16 bits per heavy atom. The van der Waals surface area contributed by atoms with Crippen molar-refractivity contribution in [2.45, 2.75) is 24.9 Å². The summed E-state index contributed by atoms with van der Waals surface area (Å²) in [6.07, 6.45) is -0.0550.